The normalized spacial score (nSPS) is 16.9. The second kappa shape index (κ2) is 7.91. The molecule has 24 heavy (non-hydrogen) atoms. The van der Waals surface area contributed by atoms with Crippen molar-refractivity contribution in [3.05, 3.63) is 59.1 Å². The molecule has 3 rings (SSSR count). The van der Waals surface area contributed by atoms with E-state index in [1.165, 1.54) is 11.3 Å². The van der Waals surface area contributed by atoms with Gasteiger partial charge in [-0.3, -0.25) is 4.90 Å². The van der Waals surface area contributed by atoms with Crippen molar-refractivity contribution >= 4 is 17.3 Å². The van der Waals surface area contributed by atoms with Gasteiger partial charge in [0, 0.05) is 42.9 Å². The minimum Gasteiger partial charge on any atom is -0.497 e. The van der Waals surface area contributed by atoms with E-state index >= 15 is 0 Å². The Morgan fingerprint density at radius 2 is 1.75 bits per heavy atom. The predicted molar refractivity (Wildman–Crippen MR) is 101 cm³/mol. The van der Waals surface area contributed by atoms with E-state index < -0.39 is 0 Å². The Bertz CT molecular complexity index is 651. The first-order valence-corrected chi connectivity index (χ1v) is 8.91. The van der Waals surface area contributed by atoms with Gasteiger partial charge in [-0.25, -0.2) is 0 Å². The highest BCUT2D eigenvalue weighted by molar-refractivity contribution is 6.30. The molecule has 0 N–H and O–H groups in total. The summed E-state index contributed by atoms with van der Waals surface area (Å²) >= 11 is 6.11. The lowest BCUT2D eigenvalue weighted by Crippen LogP contribution is -2.50. The molecule has 1 aliphatic rings. The van der Waals surface area contributed by atoms with Crippen LogP contribution in [0.25, 0.3) is 0 Å². The van der Waals surface area contributed by atoms with Gasteiger partial charge in [0.15, 0.2) is 0 Å². The van der Waals surface area contributed by atoms with E-state index in [1.807, 2.05) is 24.3 Å². The molecule has 1 fully saturated rings. The Morgan fingerprint density at radius 3 is 2.38 bits per heavy atom. The molecule has 2 aromatic rings. The number of hydrogen-bond acceptors (Lipinski definition) is 3. The van der Waals surface area contributed by atoms with Crippen LogP contribution in [0.15, 0.2) is 48.5 Å². The SMILES string of the molecule is COc1ccc(CC(C)N2CCN(c3cccc(Cl)c3)CC2)cc1. The first kappa shape index (κ1) is 17.1. The van der Waals surface area contributed by atoms with Gasteiger partial charge in [-0.1, -0.05) is 29.8 Å². The summed E-state index contributed by atoms with van der Waals surface area (Å²) in [5, 5.41) is 0.808. The van der Waals surface area contributed by atoms with Crippen LogP contribution in [-0.4, -0.2) is 44.2 Å². The van der Waals surface area contributed by atoms with Gasteiger partial charge in [-0.2, -0.15) is 0 Å². The van der Waals surface area contributed by atoms with Crippen molar-refractivity contribution in [3.8, 4) is 5.75 Å². The van der Waals surface area contributed by atoms with Crippen LogP contribution >= 0.6 is 11.6 Å². The molecule has 0 aliphatic carbocycles. The van der Waals surface area contributed by atoms with Gasteiger partial charge in [0.05, 0.1) is 7.11 Å². The summed E-state index contributed by atoms with van der Waals surface area (Å²) < 4.78 is 5.23. The molecule has 4 heteroatoms. The summed E-state index contributed by atoms with van der Waals surface area (Å²) in [5.74, 6) is 0.918. The van der Waals surface area contributed by atoms with Crippen LogP contribution in [0.5, 0.6) is 5.75 Å². The molecule has 3 nitrogen and oxygen atoms in total. The predicted octanol–water partition coefficient (Wildman–Crippen LogP) is 4.10. The van der Waals surface area contributed by atoms with E-state index in [4.69, 9.17) is 16.3 Å². The number of methoxy groups -OCH3 is 1. The molecule has 1 unspecified atom stereocenters. The Morgan fingerprint density at radius 1 is 1.04 bits per heavy atom. The zero-order chi connectivity index (χ0) is 16.9. The number of halogens is 1. The topological polar surface area (TPSA) is 15.7 Å². The number of rotatable bonds is 5. The Labute approximate surface area is 149 Å². The summed E-state index contributed by atoms with van der Waals surface area (Å²) in [6, 6.07) is 17.1. The highest BCUT2D eigenvalue weighted by Crippen LogP contribution is 2.22. The second-order valence-electron chi connectivity index (χ2n) is 6.40. The number of anilines is 1. The van der Waals surface area contributed by atoms with Crippen LogP contribution in [0.2, 0.25) is 5.02 Å². The van der Waals surface area contributed by atoms with E-state index in [0.29, 0.717) is 6.04 Å². The zero-order valence-electron chi connectivity index (χ0n) is 14.4. The van der Waals surface area contributed by atoms with E-state index in [1.54, 1.807) is 7.11 Å². The minimum absolute atomic E-state index is 0.542. The highest BCUT2D eigenvalue weighted by atomic mass is 35.5. The van der Waals surface area contributed by atoms with Crippen LogP contribution in [-0.2, 0) is 6.42 Å². The average molecular weight is 345 g/mol. The van der Waals surface area contributed by atoms with Crippen LogP contribution in [0.4, 0.5) is 5.69 Å². The monoisotopic (exact) mass is 344 g/mol. The van der Waals surface area contributed by atoms with Crippen molar-refractivity contribution in [3.63, 3.8) is 0 Å². The van der Waals surface area contributed by atoms with Crippen molar-refractivity contribution in [1.82, 2.24) is 4.90 Å². The molecule has 0 bridgehead atoms. The summed E-state index contributed by atoms with van der Waals surface area (Å²) in [6.45, 7) is 6.59. The Kier molecular flexibility index (Phi) is 5.64. The van der Waals surface area contributed by atoms with Gasteiger partial charge in [0.2, 0.25) is 0 Å². The van der Waals surface area contributed by atoms with Crippen LogP contribution in [0, 0.1) is 0 Å². The molecule has 1 aliphatic heterocycles. The molecule has 0 amide bonds. The van der Waals surface area contributed by atoms with E-state index in [-0.39, 0.29) is 0 Å². The fourth-order valence-corrected chi connectivity index (χ4v) is 3.51. The summed E-state index contributed by atoms with van der Waals surface area (Å²) in [6.07, 6.45) is 1.07. The first-order chi connectivity index (χ1) is 11.7. The van der Waals surface area contributed by atoms with Gasteiger partial charge in [0.1, 0.15) is 5.75 Å². The van der Waals surface area contributed by atoms with E-state index in [9.17, 15) is 0 Å². The van der Waals surface area contributed by atoms with Crippen molar-refractivity contribution in [2.75, 3.05) is 38.2 Å². The molecule has 0 radical (unpaired) electrons. The number of benzene rings is 2. The fourth-order valence-electron chi connectivity index (χ4n) is 3.33. The molecule has 1 heterocycles. The molecule has 1 atom stereocenters. The summed E-state index contributed by atoms with van der Waals surface area (Å²) in [4.78, 5) is 4.99. The number of piperazine rings is 1. The van der Waals surface area contributed by atoms with Gasteiger partial charge >= 0.3 is 0 Å². The van der Waals surface area contributed by atoms with E-state index in [2.05, 4.69) is 41.0 Å². The quantitative estimate of drug-likeness (QED) is 0.812. The highest BCUT2D eigenvalue weighted by Gasteiger charge is 2.21. The Hall–Kier alpha value is -1.71. The van der Waals surface area contributed by atoms with Crippen LogP contribution < -0.4 is 9.64 Å². The van der Waals surface area contributed by atoms with Gasteiger partial charge in [-0.05, 0) is 49.2 Å². The number of hydrogen-bond donors (Lipinski definition) is 0. The third kappa shape index (κ3) is 4.22. The summed E-state index contributed by atoms with van der Waals surface area (Å²) in [7, 11) is 1.71. The number of nitrogens with zero attached hydrogens (tertiary/aromatic N) is 2. The van der Waals surface area contributed by atoms with E-state index in [0.717, 1.165) is 43.4 Å². The average Bonchev–Trinajstić information content (AvgIpc) is 2.62. The zero-order valence-corrected chi connectivity index (χ0v) is 15.2. The molecule has 2 aromatic carbocycles. The maximum Gasteiger partial charge on any atom is 0.118 e. The molecule has 0 saturated carbocycles. The van der Waals surface area contributed by atoms with Crippen molar-refractivity contribution in [2.24, 2.45) is 0 Å². The van der Waals surface area contributed by atoms with Gasteiger partial charge in [0.25, 0.3) is 0 Å². The third-order valence-electron chi connectivity index (χ3n) is 4.80. The largest absolute Gasteiger partial charge is 0.497 e. The lowest BCUT2D eigenvalue weighted by atomic mass is 10.0. The van der Waals surface area contributed by atoms with Crippen molar-refractivity contribution < 1.29 is 4.74 Å². The van der Waals surface area contributed by atoms with Crippen LogP contribution in [0.3, 0.4) is 0 Å². The number of ether oxygens (including phenoxy) is 1. The maximum absolute atomic E-state index is 6.11. The van der Waals surface area contributed by atoms with Gasteiger partial charge < -0.3 is 9.64 Å². The summed E-state index contributed by atoms with van der Waals surface area (Å²) in [5.41, 5.74) is 2.59. The van der Waals surface area contributed by atoms with Crippen molar-refractivity contribution in [2.45, 2.75) is 19.4 Å². The smallest absolute Gasteiger partial charge is 0.118 e. The first-order valence-electron chi connectivity index (χ1n) is 8.53. The lowest BCUT2D eigenvalue weighted by Gasteiger charge is -2.39. The molecular formula is C20H25ClN2O. The molecule has 0 aromatic heterocycles. The standard InChI is InChI=1S/C20H25ClN2O/c1-16(14-17-6-8-20(24-2)9-7-17)22-10-12-23(13-11-22)19-5-3-4-18(21)15-19/h3-9,15-16H,10-14H2,1-2H3. The molecular weight excluding hydrogens is 320 g/mol. The minimum atomic E-state index is 0.542. The lowest BCUT2D eigenvalue weighted by molar-refractivity contribution is 0.196. The third-order valence-corrected chi connectivity index (χ3v) is 5.04. The molecule has 1 saturated heterocycles. The molecule has 128 valence electrons. The van der Waals surface area contributed by atoms with Crippen molar-refractivity contribution in [1.29, 1.82) is 0 Å². The fraction of sp³-hybridized carbons (Fsp3) is 0.400. The van der Waals surface area contributed by atoms with Gasteiger partial charge in [-0.15, -0.1) is 0 Å². The molecule has 0 spiro atoms. The maximum atomic E-state index is 6.11. The Balaban J connectivity index is 1.53. The second-order valence-corrected chi connectivity index (χ2v) is 6.84. The van der Waals surface area contributed by atoms with Crippen LogP contribution in [0.1, 0.15) is 12.5 Å².